The van der Waals surface area contributed by atoms with Crippen molar-refractivity contribution in [1.29, 1.82) is 0 Å². The Morgan fingerprint density at radius 2 is 1.70 bits per heavy atom. The van der Waals surface area contributed by atoms with Crippen LogP contribution in [0.2, 0.25) is 10.0 Å². The molecule has 1 saturated heterocycles. The number of methoxy groups -OCH3 is 2. The summed E-state index contributed by atoms with van der Waals surface area (Å²) in [6.07, 6.45) is 5.65. The topological polar surface area (TPSA) is 73.5 Å². The van der Waals surface area contributed by atoms with Gasteiger partial charge in [-0.05, 0) is 25.0 Å². The van der Waals surface area contributed by atoms with Crippen molar-refractivity contribution in [2.75, 3.05) is 37.9 Å². The highest BCUT2D eigenvalue weighted by Gasteiger charge is 2.48. The minimum absolute atomic E-state index is 0.392. The van der Waals surface area contributed by atoms with E-state index in [1.165, 1.54) is 19.3 Å². The van der Waals surface area contributed by atoms with Gasteiger partial charge in [0.25, 0.3) is 0 Å². The number of halogens is 2. The number of nitrogen functional groups attached to an aromatic ring is 1. The lowest BCUT2D eigenvalue weighted by atomic mass is 9.63. The molecule has 1 aliphatic heterocycles. The summed E-state index contributed by atoms with van der Waals surface area (Å²) >= 11 is 13.3. The molecule has 3 aromatic rings. The van der Waals surface area contributed by atoms with E-state index < -0.39 is 0 Å². The highest BCUT2D eigenvalue weighted by Crippen LogP contribution is 2.51. The number of aromatic nitrogens is 2. The Hall–Kier alpha value is -2.44. The lowest BCUT2D eigenvalue weighted by Crippen LogP contribution is -2.60. The van der Waals surface area contributed by atoms with Crippen molar-refractivity contribution in [3.05, 3.63) is 34.4 Å². The van der Waals surface area contributed by atoms with Crippen molar-refractivity contribution < 1.29 is 9.47 Å². The van der Waals surface area contributed by atoms with Crippen LogP contribution in [0.1, 0.15) is 19.3 Å². The van der Waals surface area contributed by atoms with E-state index >= 15 is 0 Å². The Morgan fingerprint density at radius 3 is 2.27 bits per heavy atom. The highest BCUT2D eigenvalue weighted by atomic mass is 35.5. The van der Waals surface area contributed by atoms with E-state index in [2.05, 4.69) is 9.88 Å². The first kappa shape index (κ1) is 19.5. The van der Waals surface area contributed by atoms with Crippen molar-refractivity contribution in [3.63, 3.8) is 0 Å². The standard InChI is InChI=1S/C22H22Cl2N4O2/c1-29-15-8-16(30-2)20(24)18(19(15)23)14-6-12-9-26-17(25)7-13(12)21(27-14)28-10-22(11-28)4-3-5-22/h6-9H,3-5,10-11H2,1-2H3,(H2,25,26). The van der Waals surface area contributed by atoms with E-state index in [0.29, 0.717) is 44.0 Å². The van der Waals surface area contributed by atoms with E-state index in [1.807, 2.05) is 12.1 Å². The highest BCUT2D eigenvalue weighted by molar-refractivity contribution is 6.41. The minimum Gasteiger partial charge on any atom is -0.495 e. The maximum absolute atomic E-state index is 6.66. The van der Waals surface area contributed by atoms with Gasteiger partial charge >= 0.3 is 0 Å². The third kappa shape index (κ3) is 2.93. The van der Waals surface area contributed by atoms with Gasteiger partial charge in [0, 0.05) is 47.1 Å². The molecule has 0 unspecified atom stereocenters. The fourth-order valence-electron chi connectivity index (χ4n) is 4.53. The van der Waals surface area contributed by atoms with Gasteiger partial charge in [0.1, 0.15) is 23.1 Å². The summed E-state index contributed by atoms with van der Waals surface area (Å²) in [6.45, 7) is 2.01. The van der Waals surface area contributed by atoms with Crippen LogP contribution in [0.5, 0.6) is 11.5 Å². The van der Waals surface area contributed by atoms with Crippen LogP contribution in [0.25, 0.3) is 22.0 Å². The van der Waals surface area contributed by atoms with Gasteiger partial charge in [-0.2, -0.15) is 0 Å². The molecule has 5 rings (SSSR count). The maximum atomic E-state index is 6.66. The first-order chi connectivity index (χ1) is 14.4. The number of hydrogen-bond donors (Lipinski definition) is 1. The van der Waals surface area contributed by atoms with Crippen LogP contribution >= 0.6 is 23.2 Å². The number of benzene rings is 1. The molecule has 0 atom stereocenters. The van der Waals surface area contributed by atoms with Gasteiger partial charge < -0.3 is 20.1 Å². The van der Waals surface area contributed by atoms with Crippen LogP contribution in [-0.4, -0.2) is 37.3 Å². The predicted octanol–water partition coefficient (Wildman–Crippen LogP) is 5.19. The third-order valence-corrected chi connectivity index (χ3v) is 7.06. The van der Waals surface area contributed by atoms with Crippen LogP contribution in [0.4, 0.5) is 11.6 Å². The lowest BCUT2D eigenvalue weighted by Gasteiger charge is -2.56. The number of ether oxygens (including phenoxy) is 2. The van der Waals surface area contributed by atoms with Gasteiger partial charge in [-0.25, -0.2) is 9.97 Å². The molecule has 156 valence electrons. The molecule has 8 heteroatoms. The summed E-state index contributed by atoms with van der Waals surface area (Å²) in [7, 11) is 3.12. The van der Waals surface area contributed by atoms with E-state index in [0.717, 1.165) is 29.7 Å². The van der Waals surface area contributed by atoms with E-state index in [9.17, 15) is 0 Å². The second-order valence-corrected chi connectivity index (χ2v) is 8.91. The molecule has 1 aliphatic carbocycles. The maximum Gasteiger partial charge on any atom is 0.141 e. The fraction of sp³-hybridized carbons (Fsp3) is 0.364. The molecule has 0 radical (unpaired) electrons. The molecule has 0 bridgehead atoms. The normalized spacial score (nSPS) is 17.0. The van der Waals surface area contributed by atoms with E-state index in [4.69, 9.17) is 43.4 Å². The van der Waals surface area contributed by atoms with Gasteiger partial charge in [-0.3, -0.25) is 0 Å². The average Bonchev–Trinajstić information content (AvgIpc) is 2.66. The quantitative estimate of drug-likeness (QED) is 0.596. The zero-order valence-electron chi connectivity index (χ0n) is 16.8. The van der Waals surface area contributed by atoms with Gasteiger partial charge in [0.2, 0.25) is 0 Å². The number of nitrogens with two attached hydrogens (primary N) is 1. The number of rotatable bonds is 4. The monoisotopic (exact) mass is 444 g/mol. The summed E-state index contributed by atoms with van der Waals surface area (Å²) in [5.41, 5.74) is 7.66. The van der Waals surface area contributed by atoms with Gasteiger partial charge in [0.05, 0.1) is 30.0 Å². The summed E-state index contributed by atoms with van der Waals surface area (Å²) in [6, 6.07) is 5.48. The third-order valence-electron chi connectivity index (χ3n) is 6.31. The second kappa shape index (κ2) is 7.06. The molecular formula is C22H22Cl2N4O2. The van der Waals surface area contributed by atoms with E-state index in [-0.39, 0.29) is 0 Å². The molecule has 0 amide bonds. The van der Waals surface area contributed by atoms with Crippen molar-refractivity contribution in [2.24, 2.45) is 5.41 Å². The summed E-state index contributed by atoms with van der Waals surface area (Å²) in [4.78, 5) is 11.6. The van der Waals surface area contributed by atoms with E-state index in [1.54, 1.807) is 26.5 Å². The fourth-order valence-corrected chi connectivity index (χ4v) is 5.22. The zero-order chi connectivity index (χ0) is 21.0. The van der Waals surface area contributed by atoms with Crippen LogP contribution < -0.4 is 20.1 Å². The SMILES string of the molecule is COc1cc(OC)c(Cl)c(-c2cc3cnc(N)cc3c(N3CC4(CCC4)C3)n2)c1Cl. The molecule has 1 saturated carbocycles. The smallest absolute Gasteiger partial charge is 0.141 e. The number of fused-ring (bicyclic) bond motifs is 1. The van der Waals surface area contributed by atoms with Crippen LogP contribution in [0.3, 0.4) is 0 Å². The summed E-state index contributed by atoms with van der Waals surface area (Å²) < 4.78 is 10.9. The minimum atomic E-state index is 0.392. The Kier molecular flexibility index (Phi) is 4.60. The molecule has 1 spiro atoms. The first-order valence-electron chi connectivity index (χ1n) is 9.86. The molecule has 2 aromatic heterocycles. The molecule has 2 fully saturated rings. The van der Waals surface area contributed by atoms with Crippen LogP contribution in [0, 0.1) is 5.41 Å². The van der Waals surface area contributed by atoms with Crippen LogP contribution in [-0.2, 0) is 0 Å². The summed E-state index contributed by atoms with van der Waals surface area (Å²) in [5.74, 6) is 2.30. The Morgan fingerprint density at radius 1 is 1.03 bits per heavy atom. The van der Waals surface area contributed by atoms with Crippen molar-refractivity contribution >= 4 is 45.6 Å². The molecular weight excluding hydrogens is 423 g/mol. The second-order valence-electron chi connectivity index (χ2n) is 8.16. The van der Waals surface area contributed by atoms with Gasteiger partial charge in [0.15, 0.2) is 0 Å². The number of pyridine rings is 2. The average molecular weight is 445 g/mol. The molecule has 2 N–H and O–H groups in total. The molecule has 2 aliphatic rings. The number of hydrogen-bond acceptors (Lipinski definition) is 6. The molecule has 3 heterocycles. The molecule has 1 aromatic carbocycles. The van der Waals surface area contributed by atoms with Crippen molar-refractivity contribution in [3.8, 4) is 22.8 Å². The zero-order valence-corrected chi connectivity index (χ0v) is 18.3. The Labute approximate surface area is 184 Å². The largest absolute Gasteiger partial charge is 0.495 e. The number of anilines is 2. The van der Waals surface area contributed by atoms with Gasteiger partial charge in [-0.1, -0.05) is 29.6 Å². The van der Waals surface area contributed by atoms with Crippen molar-refractivity contribution in [2.45, 2.75) is 19.3 Å². The van der Waals surface area contributed by atoms with Crippen LogP contribution in [0.15, 0.2) is 24.4 Å². The molecule has 30 heavy (non-hydrogen) atoms. The predicted molar refractivity (Wildman–Crippen MR) is 121 cm³/mol. The Bertz CT molecular complexity index is 1130. The lowest BCUT2D eigenvalue weighted by molar-refractivity contribution is 0.0899. The Balaban J connectivity index is 1.70. The molecule has 6 nitrogen and oxygen atoms in total. The summed E-state index contributed by atoms with van der Waals surface area (Å²) in [5, 5.41) is 2.68. The van der Waals surface area contributed by atoms with Crippen molar-refractivity contribution in [1.82, 2.24) is 9.97 Å². The first-order valence-corrected chi connectivity index (χ1v) is 10.6. The van der Waals surface area contributed by atoms with Gasteiger partial charge in [-0.15, -0.1) is 0 Å². The number of nitrogens with zero attached hydrogens (tertiary/aromatic N) is 3.